The lowest BCUT2D eigenvalue weighted by atomic mass is 10.2. The molecule has 0 aliphatic carbocycles. The number of hydrogen-bond donors (Lipinski definition) is 2. The molecule has 0 aliphatic rings. The van der Waals surface area contributed by atoms with Crippen LogP contribution in [0.3, 0.4) is 0 Å². The molecule has 2 aromatic rings. The fourth-order valence-corrected chi connectivity index (χ4v) is 1.93. The van der Waals surface area contributed by atoms with Gasteiger partial charge in [0.05, 0.1) is 6.61 Å². The van der Waals surface area contributed by atoms with Crippen LogP contribution in [0.15, 0.2) is 24.3 Å². The molecular weight excluding hydrogens is 266 g/mol. The highest BCUT2D eigenvalue weighted by Crippen LogP contribution is 2.15. The number of aryl methyl sites for hydroxylation is 2. The summed E-state index contributed by atoms with van der Waals surface area (Å²) in [5.74, 6) is 1.41. The van der Waals surface area contributed by atoms with E-state index in [1.165, 1.54) is 0 Å². The van der Waals surface area contributed by atoms with Crippen LogP contribution in [0.5, 0.6) is 5.75 Å². The fourth-order valence-electron chi connectivity index (χ4n) is 1.93. The van der Waals surface area contributed by atoms with Gasteiger partial charge in [-0.15, -0.1) is 0 Å². The van der Waals surface area contributed by atoms with Crippen molar-refractivity contribution in [3.05, 3.63) is 41.1 Å². The first-order valence-electron chi connectivity index (χ1n) is 7.07. The van der Waals surface area contributed by atoms with Gasteiger partial charge in [-0.25, -0.2) is 0 Å². The Bertz CT molecular complexity index is 620. The number of anilines is 1. The number of nitrogens with one attached hydrogen (secondary N) is 2. The monoisotopic (exact) mass is 287 g/mol. The first-order chi connectivity index (χ1) is 10.1. The number of rotatable bonds is 6. The van der Waals surface area contributed by atoms with Crippen molar-refractivity contribution in [2.24, 2.45) is 0 Å². The van der Waals surface area contributed by atoms with Crippen LogP contribution in [0.1, 0.15) is 29.7 Å². The van der Waals surface area contributed by atoms with Gasteiger partial charge in [0.2, 0.25) is 5.91 Å². The molecule has 1 aromatic carbocycles. The van der Waals surface area contributed by atoms with E-state index in [0.29, 0.717) is 25.3 Å². The van der Waals surface area contributed by atoms with Gasteiger partial charge in [0.1, 0.15) is 5.75 Å². The second-order valence-electron chi connectivity index (χ2n) is 5.14. The van der Waals surface area contributed by atoms with Crippen molar-refractivity contribution in [1.29, 1.82) is 0 Å². The number of H-pyrrole nitrogens is 1. The molecule has 0 saturated heterocycles. The Balaban J connectivity index is 1.71. The van der Waals surface area contributed by atoms with Crippen molar-refractivity contribution in [2.75, 3.05) is 11.9 Å². The number of hydrogen-bond acceptors (Lipinski definition) is 3. The molecule has 0 radical (unpaired) electrons. The third-order valence-electron chi connectivity index (χ3n) is 3.32. The Labute approximate surface area is 124 Å². The molecular formula is C16H21N3O2. The molecule has 0 fully saturated rings. The number of benzene rings is 1. The van der Waals surface area contributed by atoms with E-state index < -0.39 is 0 Å². The molecule has 1 heterocycles. The highest BCUT2D eigenvalue weighted by Gasteiger charge is 2.09. The van der Waals surface area contributed by atoms with E-state index in [1.807, 2.05) is 45.0 Å². The van der Waals surface area contributed by atoms with Gasteiger partial charge in [0.25, 0.3) is 0 Å². The van der Waals surface area contributed by atoms with Crippen LogP contribution in [0.25, 0.3) is 0 Å². The molecule has 0 bridgehead atoms. The lowest BCUT2D eigenvalue weighted by Gasteiger charge is -2.07. The Hall–Kier alpha value is -2.30. The third kappa shape index (κ3) is 4.34. The summed E-state index contributed by atoms with van der Waals surface area (Å²) in [6, 6.07) is 7.88. The Morgan fingerprint density at radius 2 is 2.14 bits per heavy atom. The average molecular weight is 287 g/mol. The SMILES string of the molecule is Cc1cccc(OCCCC(=O)Nc2n[nH]c(C)c2C)c1. The summed E-state index contributed by atoms with van der Waals surface area (Å²) in [5, 5.41) is 9.70. The zero-order valence-electron chi connectivity index (χ0n) is 12.7. The number of nitrogens with zero attached hydrogens (tertiary/aromatic N) is 1. The molecule has 5 heteroatoms. The molecule has 2 N–H and O–H groups in total. The minimum absolute atomic E-state index is 0.0440. The maximum atomic E-state index is 11.8. The second-order valence-corrected chi connectivity index (χ2v) is 5.14. The van der Waals surface area contributed by atoms with E-state index in [2.05, 4.69) is 15.5 Å². The summed E-state index contributed by atoms with van der Waals surface area (Å²) in [6.45, 7) is 6.40. The van der Waals surface area contributed by atoms with Crippen LogP contribution < -0.4 is 10.1 Å². The maximum absolute atomic E-state index is 11.8. The summed E-state index contributed by atoms with van der Waals surface area (Å²) in [4.78, 5) is 11.8. The molecule has 0 saturated carbocycles. The smallest absolute Gasteiger partial charge is 0.225 e. The highest BCUT2D eigenvalue weighted by atomic mass is 16.5. The van der Waals surface area contributed by atoms with E-state index in [-0.39, 0.29) is 5.91 Å². The summed E-state index contributed by atoms with van der Waals surface area (Å²) in [5.41, 5.74) is 3.10. The molecule has 2 rings (SSSR count). The predicted octanol–water partition coefficient (Wildman–Crippen LogP) is 3.13. The number of aromatic nitrogens is 2. The van der Waals surface area contributed by atoms with E-state index in [9.17, 15) is 4.79 Å². The lowest BCUT2D eigenvalue weighted by molar-refractivity contribution is -0.116. The summed E-state index contributed by atoms with van der Waals surface area (Å²) < 4.78 is 5.61. The fraction of sp³-hybridized carbons (Fsp3) is 0.375. The topological polar surface area (TPSA) is 67.0 Å². The number of carbonyl (C=O) groups is 1. The van der Waals surface area contributed by atoms with E-state index in [1.54, 1.807) is 0 Å². The number of amides is 1. The van der Waals surface area contributed by atoms with Crippen molar-refractivity contribution in [1.82, 2.24) is 10.2 Å². The van der Waals surface area contributed by atoms with Crippen LogP contribution in [-0.2, 0) is 4.79 Å². The van der Waals surface area contributed by atoms with E-state index in [0.717, 1.165) is 22.6 Å². The molecule has 0 atom stereocenters. The van der Waals surface area contributed by atoms with Gasteiger partial charge < -0.3 is 10.1 Å². The zero-order chi connectivity index (χ0) is 15.2. The average Bonchev–Trinajstić information content (AvgIpc) is 2.76. The minimum atomic E-state index is -0.0440. The van der Waals surface area contributed by atoms with Crippen molar-refractivity contribution in [3.8, 4) is 5.75 Å². The molecule has 1 amide bonds. The first-order valence-corrected chi connectivity index (χ1v) is 7.07. The van der Waals surface area contributed by atoms with E-state index in [4.69, 9.17) is 4.74 Å². The van der Waals surface area contributed by atoms with Gasteiger partial charge in [-0.1, -0.05) is 12.1 Å². The summed E-state index contributed by atoms with van der Waals surface area (Å²) in [6.07, 6.45) is 1.08. The normalized spacial score (nSPS) is 10.4. The minimum Gasteiger partial charge on any atom is -0.494 e. The second kappa shape index (κ2) is 6.92. The largest absolute Gasteiger partial charge is 0.494 e. The van der Waals surface area contributed by atoms with Crippen molar-refractivity contribution < 1.29 is 9.53 Å². The van der Waals surface area contributed by atoms with Crippen LogP contribution >= 0.6 is 0 Å². The van der Waals surface area contributed by atoms with Gasteiger partial charge >= 0.3 is 0 Å². The van der Waals surface area contributed by atoms with Crippen molar-refractivity contribution in [3.63, 3.8) is 0 Å². The quantitative estimate of drug-likeness (QED) is 0.802. The molecule has 112 valence electrons. The van der Waals surface area contributed by atoms with E-state index >= 15 is 0 Å². The first kappa shape index (κ1) is 15.1. The predicted molar refractivity (Wildman–Crippen MR) is 82.6 cm³/mol. The summed E-state index contributed by atoms with van der Waals surface area (Å²) >= 11 is 0. The van der Waals surface area contributed by atoms with Crippen LogP contribution in [0.4, 0.5) is 5.82 Å². The Morgan fingerprint density at radius 1 is 1.33 bits per heavy atom. The zero-order valence-corrected chi connectivity index (χ0v) is 12.7. The number of aromatic amines is 1. The van der Waals surface area contributed by atoms with Gasteiger partial charge in [-0.05, 0) is 44.9 Å². The third-order valence-corrected chi connectivity index (χ3v) is 3.32. The lowest BCUT2D eigenvalue weighted by Crippen LogP contribution is -2.13. The number of ether oxygens (including phenoxy) is 1. The molecule has 0 unspecified atom stereocenters. The molecule has 5 nitrogen and oxygen atoms in total. The van der Waals surface area contributed by atoms with Gasteiger partial charge in [0, 0.05) is 17.7 Å². The number of carbonyl (C=O) groups excluding carboxylic acids is 1. The Kier molecular flexibility index (Phi) is 4.98. The standard InChI is InChI=1S/C16H21N3O2/c1-11-6-4-7-14(10-11)21-9-5-8-15(20)17-16-12(2)13(3)18-19-16/h4,6-7,10H,5,8-9H2,1-3H3,(H2,17,18,19,20). The molecule has 1 aromatic heterocycles. The van der Waals surface area contributed by atoms with Crippen molar-refractivity contribution >= 4 is 11.7 Å². The van der Waals surface area contributed by atoms with Gasteiger partial charge in [-0.2, -0.15) is 5.10 Å². The summed E-state index contributed by atoms with van der Waals surface area (Å²) in [7, 11) is 0. The molecule has 21 heavy (non-hydrogen) atoms. The van der Waals surface area contributed by atoms with Crippen LogP contribution in [0, 0.1) is 20.8 Å². The molecule has 0 aliphatic heterocycles. The maximum Gasteiger partial charge on any atom is 0.225 e. The van der Waals surface area contributed by atoms with Crippen molar-refractivity contribution in [2.45, 2.75) is 33.6 Å². The van der Waals surface area contributed by atoms with Crippen LogP contribution in [0.2, 0.25) is 0 Å². The van der Waals surface area contributed by atoms with Gasteiger partial charge in [-0.3, -0.25) is 9.89 Å². The highest BCUT2D eigenvalue weighted by molar-refractivity contribution is 5.90. The Morgan fingerprint density at radius 3 is 2.81 bits per heavy atom. The van der Waals surface area contributed by atoms with Crippen LogP contribution in [-0.4, -0.2) is 22.7 Å². The molecule has 0 spiro atoms. The van der Waals surface area contributed by atoms with Gasteiger partial charge in [0.15, 0.2) is 5.82 Å².